The average Bonchev–Trinajstić information content (AvgIpc) is 2.83. The highest BCUT2D eigenvalue weighted by Gasteiger charge is 2.22. The number of hydrogen-bond donors (Lipinski definition) is 0. The highest BCUT2D eigenvalue weighted by molar-refractivity contribution is 5.78. The third-order valence-corrected chi connectivity index (χ3v) is 5.17. The number of halogens is 1. The van der Waals surface area contributed by atoms with Crippen molar-refractivity contribution in [1.29, 1.82) is 0 Å². The number of ether oxygens (including phenoxy) is 2. The van der Waals surface area contributed by atoms with E-state index in [2.05, 4.69) is 15.1 Å². The van der Waals surface area contributed by atoms with Crippen LogP contribution in [0.5, 0.6) is 11.5 Å². The highest BCUT2D eigenvalue weighted by atomic mass is 19.1. The predicted octanol–water partition coefficient (Wildman–Crippen LogP) is 3.02. The lowest BCUT2D eigenvalue weighted by Crippen LogP contribution is -2.50. The van der Waals surface area contributed by atoms with Crippen LogP contribution in [0.4, 0.5) is 10.2 Å². The molecule has 0 unspecified atom stereocenters. The first-order valence-corrected chi connectivity index (χ1v) is 10.0. The fourth-order valence-corrected chi connectivity index (χ4v) is 3.42. The molecule has 1 aliphatic rings. The van der Waals surface area contributed by atoms with Gasteiger partial charge in [-0.25, -0.2) is 4.39 Å². The molecule has 1 aliphatic heterocycles. The number of carbonyl (C=O) groups is 1. The summed E-state index contributed by atoms with van der Waals surface area (Å²) in [5.41, 5.74) is 1.50. The second-order valence-corrected chi connectivity index (χ2v) is 7.09. The van der Waals surface area contributed by atoms with Gasteiger partial charge < -0.3 is 19.3 Å². The monoisotopic (exact) mass is 422 g/mol. The molecular weight excluding hydrogens is 399 g/mol. The van der Waals surface area contributed by atoms with Gasteiger partial charge in [-0.1, -0.05) is 12.1 Å². The maximum Gasteiger partial charge on any atom is 0.260 e. The number of benzene rings is 2. The molecule has 1 saturated heterocycles. The molecule has 0 bridgehead atoms. The first-order valence-electron chi connectivity index (χ1n) is 10.0. The minimum atomic E-state index is -0.283. The van der Waals surface area contributed by atoms with Gasteiger partial charge in [0.2, 0.25) is 0 Å². The van der Waals surface area contributed by atoms with E-state index in [1.807, 2.05) is 24.3 Å². The number of hydrogen-bond acceptors (Lipinski definition) is 6. The highest BCUT2D eigenvalue weighted by Crippen LogP contribution is 2.26. The van der Waals surface area contributed by atoms with Crippen molar-refractivity contribution < 1.29 is 18.7 Å². The molecule has 8 heteroatoms. The number of anilines is 1. The third-order valence-electron chi connectivity index (χ3n) is 5.17. The number of carbonyl (C=O) groups excluding carboxylic acids is 1. The van der Waals surface area contributed by atoms with Gasteiger partial charge >= 0.3 is 0 Å². The number of aromatic nitrogens is 2. The molecule has 1 amide bonds. The van der Waals surface area contributed by atoms with Crippen molar-refractivity contribution in [3.8, 4) is 22.8 Å². The van der Waals surface area contributed by atoms with Crippen LogP contribution in [-0.4, -0.2) is 60.9 Å². The van der Waals surface area contributed by atoms with Gasteiger partial charge in [0.25, 0.3) is 5.91 Å². The first kappa shape index (κ1) is 20.6. The molecule has 4 rings (SSSR count). The predicted molar refractivity (Wildman–Crippen MR) is 115 cm³/mol. The molecule has 0 saturated carbocycles. The summed E-state index contributed by atoms with van der Waals surface area (Å²) >= 11 is 0. The minimum Gasteiger partial charge on any atom is -0.493 e. The number of amides is 1. The zero-order valence-electron chi connectivity index (χ0n) is 17.2. The van der Waals surface area contributed by atoms with Crippen molar-refractivity contribution in [2.45, 2.75) is 0 Å². The van der Waals surface area contributed by atoms with Gasteiger partial charge in [-0.3, -0.25) is 4.79 Å². The molecule has 7 nitrogen and oxygen atoms in total. The summed E-state index contributed by atoms with van der Waals surface area (Å²) in [6.07, 6.45) is 0. The maximum absolute atomic E-state index is 13.1. The van der Waals surface area contributed by atoms with E-state index in [1.165, 1.54) is 12.1 Å². The summed E-state index contributed by atoms with van der Waals surface area (Å²) in [5, 5.41) is 8.57. The van der Waals surface area contributed by atoms with Gasteiger partial charge in [0.15, 0.2) is 23.9 Å². The van der Waals surface area contributed by atoms with Crippen molar-refractivity contribution in [1.82, 2.24) is 15.1 Å². The van der Waals surface area contributed by atoms with E-state index in [4.69, 9.17) is 9.47 Å². The smallest absolute Gasteiger partial charge is 0.260 e. The largest absolute Gasteiger partial charge is 0.493 e. The lowest BCUT2D eigenvalue weighted by atomic mass is 10.1. The molecule has 0 spiro atoms. The van der Waals surface area contributed by atoms with Gasteiger partial charge in [0.1, 0.15) is 5.82 Å². The maximum atomic E-state index is 13.1. The molecule has 3 aromatic rings. The molecule has 2 aromatic carbocycles. The van der Waals surface area contributed by atoms with Crippen molar-refractivity contribution in [2.75, 3.05) is 44.8 Å². The van der Waals surface area contributed by atoms with Crippen LogP contribution >= 0.6 is 0 Å². The Hall–Kier alpha value is -3.68. The fraction of sp³-hybridized carbons (Fsp3) is 0.261. The molecule has 0 N–H and O–H groups in total. The Morgan fingerprint density at radius 2 is 1.65 bits per heavy atom. The van der Waals surface area contributed by atoms with Gasteiger partial charge in [-0.05, 0) is 48.5 Å². The normalized spacial score (nSPS) is 13.7. The number of nitrogens with zero attached hydrogens (tertiary/aromatic N) is 4. The summed E-state index contributed by atoms with van der Waals surface area (Å²) in [6, 6.07) is 17.2. The third kappa shape index (κ3) is 4.91. The summed E-state index contributed by atoms with van der Waals surface area (Å²) in [4.78, 5) is 16.4. The topological polar surface area (TPSA) is 67.8 Å². The van der Waals surface area contributed by atoms with Crippen LogP contribution < -0.4 is 14.4 Å². The summed E-state index contributed by atoms with van der Waals surface area (Å²) < 4.78 is 24.0. The van der Waals surface area contributed by atoms with Crippen molar-refractivity contribution in [3.63, 3.8) is 0 Å². The second kappa shape index (κ2) is 9.42. The van der Waals surface area contributed by atoms with Crippen LogP contribution in [0, 0.1) is 5.82 Å². The van der Waals surface area contributed by atoms with E-state index in [-0.39, 0.29) is 18.3 Å². The number of piperazine rings is 1. The fourth-order valence-electron chi connectivity index (χ4n) is 3.42. The van der Waals surface area contributed by atoms with Crippen molar-refractivity contribution in [3.05, 3.63) is 66.5 Å². The molecule has 31 heavy (non-hydrogen) atoms. The van der Waals surface area contributed by atoms with Crippen molar-refractivity contribution in [2.24, 2.45) is 0 Å². The average molecular weight is 422 g/mol. The van der Waals surface area contributed by atoms with Crippen LogP contribution in [0.3, 0.4) is 0 Å². The molecule has 1 fully saturated rings. The van der Waals surface area contributed by atoms with Gasteiger partial charge in [-0.2, -0.15) is 0 Å². The van der Waals surface area contributed by atoms with Crippen molar-refractivity contribution >= 4 is 11.7 Å². The molecular formula is C23H23FN4O3. The van der Waals surface area contributed by atoms with Gasteiger partial charge in [0.05, 0.1) is 12.8 Å². The van der Waals surface area contributed by atoms with Crippen LogP contribution in [0.1, 0.15) is 0 Å². The summed E-state index contributed by atoms with van der Waals surface area (Å²) in [7, 11) is 1.57. The molecule has 160 valence electrons. The van der Waals surface area contributed by atoms with E-state index >= 15 is 0 Å². The number of methoxy groups -OCH3 is 1. The van der Waals surface area contributed by atoms with E-state index < -0.39 is 0 Å². The number of rotatable bonds is 6. The Labute approximate surface area is 180 Å². The Kier molecular flexibility index (Phi) is 6.26. The van der Waals surface area contributed by atoms with Crippen LogP contribution in [0.15, 0.2) is 60.7 Å². The van der Waals surface area contributed by atoms with Crippen LogP contribution in [0.2, 0.25) is 0 Å². The quantitative estimate of drug-likeness (QED) is 0.608. The second-order valence-electron chi connectivity index (χ2n) is 7.09. The number of para-hydroxylation sites is 2. The Balaban J connectivity index is 1.30. The minimum absolute atomic E-state index is 0.0352. The van der Waals surface area contributed by atoms with Gasteiger partial charge in [0, 0.05) is 31.7 Å². The van der Waals surface area contributed by atoms with E-state index in [0.717, 1.165) is 11.4 Å². The molecule has 2 heterocycles. The lowest BCUT2D eigenvalue weighted by Gasteiger charge is -2.35. The van der Waals surface area contributed by atoms with Crippen LogP contribution in [-0.2, 0) is 4.79 Å². The standard InChI is InChI=1S/C23H23FN4O3/c1-30-20-4-2-3-5-21(20)31-16-23(29)28-14-12-27(13-15-28)22-11-10-19(25-26-22)17-6-8-18(24)9-7-17/h2-11H,12-16H2,1H3. The Morgan fingerprint density at radius 1 is 0.935 bits per heavy atom. The van der Waals surface area contributed by atoms with E-state index in [1.54, 1.807) is 36.3 Å². The van der Waals surface area contributed by atoms with Gasteiger partial charge in [-0.15, -0.1) is 10.2 Å². The lowest BCUT2D eigenvalue weighted by molar-refractivity contribution is -0.133. The SMILES string of the molecule is COc1ccccc1OCC(=O)N1CCN(c2ccc(-c3ccc(F)cc3)nn2)CC1. The zero-order chi connectivity index (χ0) is 21.6. The van der Waals surface area contributed by atoms with E-state index in [9.17, 15) is 9.18 Å². The van der Waals surface area contributed by atoms with Crippen LogP contribution in [0.25, 0.3) is 11.3 Å². The zero-order valence-corrected chi connectivity index (χ0v) is 17.2. The Morgan fingerprint density at radius 3 is 2.29 bits per heavy atom. The molecule has 1 aromatic heterocycles. The molecule has 0 aliphatic carbocycles. The Bertz CT molecular complexity index is 1020. The summed E-state index contributed by atoms with van der Waals surface area (Å²) in [5.74, 6) is 1.55. The summed E-state index contributed by atoms with van der Waals surface area (Å²) in [6.45, 7) is 2.44. The van der Waals surface area contributed by atoms with E-state index in [0.29, 0.717) is 43.4 Å². The molecule has 0 radical (unpaired) electrons. The molecule has 0 atom stereocenters. The first-order chi connectivity index (χ1) is 15.1.